The van der Waals surface area contributed by atoms with Crippen LogP contribution in [0.15, 0.2) is 5.38 Å². The molecule has 134 valence electrons. The minimum Gasteiger partial charge on any atom is -0.481 e. The number of aryl methyl sites for hydroxylation is 1. The molecular formula is C18H28N2O3S. The van der Waals surface area contributed by atoms with Gasteiger partial charge in [-0.25, -0.2) is 4.98 Å². The van der Waals surface area contributed by atoms with E-state index in [0.717, 1.165) is 23.5 Å². The largest absolute Gasteiger partial charge is 0.481 e. The number of carbonyl (C=O) groups is 2. The van der Waals surface area contributed by atoms with Crippen molar-refractivity contribution in [3.63, 3.8) is 0 Å². The van der Waals surface area contributed by atoms with Crippen molar-refractivity contribution in [2.75, 3.05) is 0 Å². The Hall–Kier alpha value is -1.43. The van der Waals surface area contributed by atoms with Crippen LogP contribution in [-0.2, 0) is 22.4 Å². The molecule has 1 unspecified atom stereocenters. The van der Waals surface area contributed by atoms with Crippen molar-refractivity contribution in [1.82, 2.24) is 10.3 Å². The molecule has 1 atom stereocenters. The molecule has 2 N–H and O–H groups in total. The van der Waals surface area contributed by atoms with E-state index in [0.29, 0.717) is 12.3 Å². The number of carboxylic acids is 1. The van der Waals surface area contributed by atoms with Gasteiger partial charge in [0.05, 0.1) is 17.1 Å². The highest BCUT2D eigenvalue weighted by Crippen LogP contribution is 2.28. The van der Waals surface area contributed by atoms with Gasteiger partial charge in [0.25, 0.3) is 0 Å². The van der Waals surface area contributed by atoms with Crippen molar-refractivity contribution < 1.29 is 14.7 Å². The van der Waals surface area contributed by atoms with Crippen LogP contribution < -0.4 is 5.32 Å². The molecule has 6 heteroatoms. The first kappa shape index (κ1) is 18.9. The van der Waals surface area contributed by atoms with Gasteiger partial charge in [0.1, 0.15) is 0 Å². The van der Waals surface area contributed by atoms with Gasteiger partial charge < -0.3 is 10.4 Å². The fourth-order valence-electron chi connectivity index (χ4n) is 3.41. The summed E-state index contributed by atoms with van der Waals surface area (Å²) in [6.45, 7) is 2.05. The average Bonchev–Trinajstić information content (AvgIpc) is 3.01. The summed E-state index contributed by atoms with van der Waals surface area (Å²) < 4.78 is 0. The third-order valence-corrected chi connectivity index (χ3v) is 5.70. The topological polar surface area (TPSA) is 79.3 Å². The molecular weight excluding hydrogens is 324 g/mol. The van der Waals surface area contributed by atoms with Gasteiger partial charge in [-0.15, -0.1) is 11.3 Å². The van der Waals surface area contributed by atoms with Crippen molar-refractivity contribution >= 4 is 23.2 Å². The van der Waals surface area contributed by atoms with Crippen LogP contribution in [0.3, 0.4) is 0 Å². The summed E-state index contributed by atoms with van der Waals surface area (Å²) in [6, 6.07) is -0.0408. The first-order chi connectivity index (χ1) is 11.6. The highest BCUT2D eigenvalue weighted by molar-refractivity contribution is 7.09. The summed E-state index contributed by atoms with van der Waals surface area (Å²) in [5.74, 6) is -0.233. The second kappa shape index (κ2) is 9.77. The van der Waals surface area contributed by atoms with E-state index < -0.39 is 5.97 Å². The molecule has 0 saturated heterocycles. The molecule has 1 amide bonds. The quantitative estimate of drug-likeness (QED) is 0.712. The molecule has 0 aliphatic heterocycles. The molecule has 0 spiro atoms. The molecule has 24 heavy (non-hydrogen) atoms. The number of hydrogen-bond acceptors (Lipinski definition) is 4. The monoisotopic (exact) mass is 352 g/mol. The predicted molar refractivity (Wildman–Crippen MR) is 95.2 cm³/mol. The number of amides is 1. The minimum absolute atomic E-state index is 0.0408. The smallest absolute Gasteiger partial charge is 0.303 e. The van der Waals surface area contributed by atoms with E-state index in [9.17, 15) is 9.59 Å². The molecule has 1 aliphatic carbocycles. The van der Waals surface area contributed by atoms with Crippen LogP contribution in [0.5, 0.6) is 0 Å². The molecule has 0 aromatic carbocycles. The Morgan fingerprint density at radius 1 is 1.38 bits per heavy atom. The van der Waals surface area contributed by atoms with Crippen LogP contribution >= 0.6 is 11.3 Å². The Balaban J connectivity index is 1.87. The number of rotatable bonds is 9. The number of hydrogen-bond donors (Lipinski definition) is 2. The second-order valence-corrected chi connectivity index (χ2v) is 7.64. The van der Waals surface area contributed by atoms with Gasteiger partial charge in [-0.2, -0.15) is 0 Å². The first-order valence-electron chi connectivity index (χ1n) is 9.01. The Kier molecular flexibility index (Phi) is 7.69. The lowest BCUT2D eigenvalue weighted by Gasteiger charge is -2.27. The van der Waals surface area contributed by atoms with Gasteiger partial charge in [0.2, 0.25) is 5.91 Å². The maximum Gasteiger partial charge on any atom is 0.303 e. The molecule has 1 saturated carbocycles. The zero-order valence-electron chi connectivity index (χ0n) is 14.4. The maximum absolute atomic E-state index is 12.3. The fourth-order valence-corrected chi connectivity index (χ4v) is 4.15. The zero-order chi connectivity index (χ0) is 17.4. The number of carbonyl (C=O) groups excluding carboxylic acids is 1. The molecule has 1 aliphatic rings. The Morgan fingerprint density at radius 2 is 2.12 bits per heavy atom. The molecule has 2 rings (SSSR count). The number of thiazole rings is 1. The van der Waals surface area contributed by atoms with Crippen LogP contribution in [-0.4, -0.2) is 28.0 Å². The van der Waals surface area contributed by atoms with Gasteiger partial charge in [-0.3, -0.25) is 9.59 Å². The lowest BCUT2D eigenvalue weighted by atomic mass is 9.84. The summed E-state index contributed by atoms with van der Waals surface area (Å²) in [4.78, 5) is 27.6. The number of aliphatic carboxylic acids is 1. The molecule has 0 radical (unpaired) electrons. The lowest BCUT2D eigenvalue weighted by Crippen LogP contribution is -2.38. The van der Waals surface area contributed by atoms with Crippen LogP contribution in [0.2, 0.25) is 0 Å². The van der Waals surface area contributed by atoms with Gasteiger partial charge in [-0.1, -0.05) is 39.0 Å². The van der Waals surface area contributed by atoms with E-state index in [1.54, 1.807) is 11.3 Å². The Bertz CT molecular complexity index is 538. The van der Waals surface area contributed by atoms with E-state index >= 15 is 0 Å². The van der Waals surface area contributed by atoms with E-state index in [1.807, 2.05) is 5.38 Å². The highest BCUT2D eigenvalue weighted by Gasteiger charge is 2.21. The van der Waals surface area contributed by atoms with Gasteiger partial charge >= 0.3 is 5.97 Å². The summed E-state index contributed by atoms with van der Waals surface area (Å²) in [5.41, 5.74) is 0.809. The maximum atomic E-state index is 12.3. The number of aromatic nitrogens is 1. The summed E-state index contributed by atoms with van der Waals surface area (Å²) in [6.07, 6.45) is 8.88. The number of nitrogens with one attached hydrogen (secondary N) is 1. The van der Waals surface area contributed by atoms with E-state index in [1.165, 1.54) is 32.1 Å². The molecule has 1 aromatic rings. The van der Waals surface area contributed by atoms with Crippen molar-refractivity contribution in [3.05, 3.63) is 16.1 Å². The van der Waals surface area contributed by atoms with Crippen LogP contribution in [0.25, 0.3) is 0 Å². The number of nitrogens with zero attached hydrogens (tertiary/aromatic N) is 1. The first-order valence-corrected chi connectivity index (χ1v) is 9.89. The summed E-state index contributed by atoms with van der Waals surface area (Å²) >= 11 is 1.58. The van der Waals surface area contributed by atoms with Crippen molar-refractivity contribution in [2.24, 2.45) is 5.92 Å². The second-order valence-electron chi connectivity index (χ2n) is 6.70. The van der Waals surface area contributed by atoms with Crippen molar-refractivity contribution in [2.45, 2.75) is 77.2 Å². The van der Waals surface area contributed by atoms with Gasteiger partial charge in [0, 0.05) is 17.8 Å². The molecule has 0 bridgehead atoms. The molecule has 1 fully saturated rings. The van der Waals surface area contributed by atoms with E-state index in [2.05, 4.69) is 17.2 Å². The van der Waals surface area contributed by atoms with Gasteiger partial charge in [0.15, 0.2) is 0 Å². The van der Waals surface area contributed by atoms with Crippen LogP contribution in [0, 0.1) is 5.92 Å². The Labute approximate surface area is 147 Å². The molecule has 1 aromatic heterocycles. The zero-order valence-corrected chi connectivity index (χ0v) is 15.2. The van der Waals surface area contributed by atoms with Crippen molar-refractivity contribution in [3.8, 4) is 0 Å². The minimum atomic E-state index is -0.801. The van der Waals surface area contributed by atoms with Crippen molar-refractivity contribution in [1.29, 1.82) is 0 Å². The normalized spacial score (nSPS) is 16.7. The van der Waals surface area contributed by atoms with E-state index in [4.69, 9.17) is 5.11 Å². The molecule has 5 nitrogen and oxygen atoms in total. The van der Waals surface area contributed by atoms with Crippen LogP contribution in [0.4, 0.5) is 0 Å². The summed E-state index contributed by atoms with van der Waals surface area (Å²) in [7, 11) is 0. The SMILES string of the molecule is CCc1nc(CC(=O)NC(CCC(=O)O)CC2CCCCC2)cs1. The number of carboxylic acid groups (broad SMARTS) is 1. The third-order valence-electron chi connectivity index (χ3n) is 4.66. The van der Waals surface area contributed by atoms with Gasteiger partial charge in [-0.05, 0) is 25.2 Å². The third kappa shape index (κ3) is 6.59. The Morgan fingerprint density at radius 3 is 2.75 bits per heavy atom. The summed E-state index contributed by atoms with van der Waals surface area (Å²) in [5, 5.41) is 15.0. The standard InChI is InChI=1S/C18H28N2O3S/c1-2-17-20-15(12-24-17)11-16(21)19-14(8-9-18(22)23)10-13-6-4-3-5-7-13/h12-14H,2-11H2,1H3,(H,19,21)(H,22,23). The fraction of sp³-hybridized carbons (Fsp3) is 0.722. The molecule has 1 heterocycles. The average molecular weight is 353 g/mol. The predicted octanol–water partition coefficient (Wildman–Crippen LogP) is 3.57. The lowest BCUT2D eigenvalue weighted by molar-refractivity contribution is -0.137. The highest BCUT2D eigenvalue weighted by atomic mass is 32.1. The van der Waals surface area contributed by atoms with Crippen LogP contribution in [0.1, 0.15) is 69.0 Å². The van der Waals surface area contributed by atoms with E-state index in [-0.39, 0.29) is 24.8 Å².